The first-order valence-corrected chi connectivity index (χ1v) is 25.4. The van der Waals surface area contributed by atoms with Crippen LogP contribution in [0.1, 0.15) is 38.4 Å². The highest BCUT2D eigenvalue weighted by molar-refractivity contribution is 7.99. The van der Waals surface area contributed by atoms with Crippen LogP contribution in [0.3, 0.4) is 0 Å². The number of nitrogens with zero attached hydrogens (tertiary/aromatic N) is 5. The quantitative estimate of drug-likeness (QED) is 0.105. The van der Waals surface area contributed by atoms with Gasteiger partial charge in [0.25, 0.3) is 21.8 Å². The molecule has 0 spiro atoms. The number of sulfone groups is 1. The smallest absolute Gasteiger partial charge is 0.284 e. The largest absolute Gasteiger partial charge is 0.380 e. The molecule has 6 aromatic rings. The molecule has 1 saturated heterocycles. The molecule has 2 amide bonds. The molecule has 2 aliphatic rings. The van der Waals surface area contributed by atoms with E-state index < -0.39 is 25.8 Å². The van der Waals surface area contributed by atoms with Crippen LogP contribution in [0.25, 0.3) is 10.2 Å². The molecule has 0 unspecified atom stereocenters. The summed E-state index contributed by atoms with van der Waals surface area (Å²) in [5.74, 6) is -0.633. The van der Waals surface area contributed by atoms with Gasteiger partial charge in [0.05, 0.1) is 39.6 Å². The Morgan fingerprint density at radius 1 is 0.951 bits per heavy atom. The van der Waals surface area contributed by atoms with Crippen LogP contribution < -0.4 is 20.3 Å². The lowest BCUT2D eigenvalue weighted by Crippen LogP contribution is -2.39. The number of morpholine rings is 1. The summed E-state index contributed by atoms with van der Waals surface area (Å²) in [6.45, 7) is 4.61. The number of thioether (sulfide) groups is 1. The highest BCUT2D eigenvalue weighted by atomic mass is 32.2. The number of hydrogen-bond donors (Lipinski definition) is 3. The van der Waals surface area contributed by atoms with Crippen molar-refractivity contribution in [2.75, 3.05) is 66.9 Å². The van der Waals surface area contributed by atoms with Crippen molar-refractivity contribution in [3.63, 3.8) is 0 Å². The number of fused-ring (bicyclic) bond motifs is 2. The van der Waals surface area contributed by atoms with E-state index in [1.165, 1.54) is 40.2 Å². The molecule has 15 nitrogen and oxygen atoms in total. The number of nitrogens with one attached hydrogen (secondary N) is 3. The number of carbonyl (C=O) groups excluding carboxylic acids is 2. The van der Waals surface area contributed by atoms with E-state index in [4.69, 9.17) is 4.74 Å². The minimum absolute atomic E-state index is 0.119. The Hall–Kier alpha value is -4.96. The minimum atomic E-state index is -4.53. The molecule has 3 aromatic heterocycles. The summed E-state index contributed by atoms with van der Waals surface area (Å²) in [5.41, 5.74) is 3.17. The van der Waals surface area contributed by atoms with Crippen LogP contribution in [0.5, 0.6) is 0 Å². The molecular weight excluding hydrogens is 877 g/mol. The molecule has 5 heterocycles. The van der Waals surface area contributed by atoms with Crippen molar-refractivity contribution in [3.05, 3.63) is 113 Å². The molecular formula is C41H42N8O7S5. The van der Waals surface area contributed by atoms with Crippen LogP contribution in [0.15, 0.2) is 105 Å². The SMILES string of the molecule is CS(=O)(=O)c1cc(S(=O)(=O)NC(=O)c2csc(N3CCc4cccc(C(=O)Nc5nc6cnccc6s5)c4C3)n2)ccc1N[C@H](CCN1CCOCC1)CSc1ccccc1. The van der Waals surface area contributed by atoms with Crippen molar-refractivity contribution in [2.24, 2.45) is 0 Å². The molecule has 0 saturated carbocycles. The Kier molecular flexibility index (Phi) is 13.0. The van der Waals surface area contributed by atoms with Crippen molar-refractivity contribution in [2.45, 2.75) is 40.1 Å². The Balaban J connectivity index is 0.949. The molecule has 8 rings (SSSR count). The van der Waals surface area contributed by atoms with Gasteiger partial charge in [-0.2, -0.15) is 0 Å². The lowest BCUT2D eigenvalue weighted by Gasteiger charge is -2.29. The van der Waals surface area contributed by atoms with E-state index in [0.29, 0.717) is 66.2 Å². The predicted molar refractivity (Wildman–Crippen MR) is 239 cm³/mol. The second-order valence-corrected chi connectivity index (χ2v) is 21.1. The molecule has 20 heteroatoms. The van der Waals surface area contributed by atoms with Crippen LogP contribution in [-0.4, -0.2) is 106 Å². The first kappa shape index (κ1) is 42.7. The zero-order valence-corrected chi connectivity index (χ0v) is 37.0. The van der Waals surface area contributed by atoms with Gasteiger partial charge in [0, 0.05) is 72.8 Å². The molecule has 3 aromatic carbocycles. The summed E-state index contributed by atoms with van der Waals surface area (Å²) in [5, 5.41) is 8.71. The second kappa shape index (κ2) is 18.6. The number of aromatic nitrogens is 3. The summed E-state index contributed by atoms with van der Waals surface area (Å²) in [6.07, 6.45) is 5.66. The number of pyridine rings is 1. The average molecular weight is 919 g/mol. The Bertz CT molecular complexity index is 2740. The molecule has 318 valence electrons. The van der Waals surface area contributed by atoms with Crippen LogP contribution in [0.2, 0.25) is 0 Å². The summed E-state index contributed by atoms with van der Waals surface area (Å²) < 4.78 is 62.1. The Morgan fingerprint density at radius 3 is 2.56 bits per heavy atom. The first-order chi connectivity index (χ1) is 29.4. The fraction of sp³-hybridized carbons (Fsp3) is 0.293. The fourth-order valence-corrected chi connectivity index (χ4v) is 11.7. The van der Waals surface area contributed by atoms with Gasteiger partial charge in [-0.15, -0.1) is 23.1 Å². The van der Waals surface area contributed by atoms with Gasteiger partial charge >= 0.3 is 0 Å². The first-order valence-electron chi connectivity index (χ1n) is 19.4. The van der Waals surface area contributed by atoms with Gasteiger partial charge in [0.2, 0.25) is 0 Å². The van der Waals surface area contributed by atoms with Gasteiger partial charge in [0.1, 0.15) is 11.2 Å². The van der Waals surface area contributed by atoms with E-state index in [-0.39, 0.29) is 33.1 Å². The topological polar surface area (TPSA) is 193 Å². The summed E-state index contributed by atoms with van der Waals surface area (Å²) in [7, 11) is -8.45. The Morgan fingerprint density at radius 2 is 1.77 bits per heavy atom. The maximum atomic E-state index is 13.6. The van der Waals surface area contributed by atoms with Gasteiger partial charge in [-0.05, 0) is 66.4 Å². The number of amides is 2. The van der Waals surface area contributed by atoms with Gasteiger partial charge < -0.3 is 15.0 Å². The molecule has 0 bridgehead atoms. The fourth-order valence-electron chi connectivity index (χ4n) is 7.09. The third-order valence-electron chi connectivity index (χ3n) is 10.3. The number of ether oxygens (including phenoxy) is 1. The number of carbonyl (C=O) groups is 2. The van der Waals surface area contributed by atoms with Gasteiger partial charge in [-0.1, -0.05) is 41.7 Å². The minimum Gasteiger partial charge on any atom is -0.380 e. The maximum absolute atomic E-state index is 13.6. The van der Waals surface area contributed by atoms with Gasteiger partial charge in [-0.25, -0.2) is 31.5 Å². The molecule has 61 heavy (non-hydrogen) atoms. The highest BCUT2D eigenvalue weighted by Crippen LogP contribution is 2.32. The van der Waals surface area contributed by atoms with Gasteiger partial charge in [-0.3, -0.25) is 24.8 Å². The molecule has 1 fully saturated rings. The number of rotatable bonds is 15. The number of hydrogen-bond acceptors (Lipinski definition) is 16. The van der Waals surface area contributed by atoms with Crippen molar-refractivity contribution in [1.29, 1.82) is 0 Å². The van der Waals surface area contributed by atoms with Crippen LogP contribution in [-0.2, 0) is 37.6 Å². The second-order valence-electron chi connectivity index (χ2n) is 14.5. The lowest BCUT2D eigenvalue weighted by molar-refractivity contribution is 0.0370. The normalized spacial score (nSPS) is 15.3. The van der Waals surface area contributed by atoms with Crippen LogP contribution >= 0.6 is 34.4 Å². The molecule has 1 atom stereocenters. The van der Waals surface area contributed by atoms with Crippen molar-refractivity contribution in [1.82, 2.24) is 24.6 Å². The maximum Gasteiger partial charge on any atom is 0.284 e. The number of anilines is 3. The van der Waals surface area contributed by atoms with Crippen molar-refractivity contribution >= 4 is 92.3 Å². The lowest BCUT2D eigenvalue weighted by atomic mass is 9.94. The van der Waals surface area contributed by atoms with E-state index in [9.17, 15) is 26.4 Å². The standard InChI is InChI=1S/C41H42N8O7S5/c1-60(52,53)37-22-30(10-11-33(37)43-28(14-16-48-18-20-56-21-19-48)25-57-29-7-3-2-4-8-29)61(54,55)47-39(51)35-26-58-41(45-35)49-17-13-27-6-5-9-31(32(27)24-49)38(50)46-40-44-34-23-42-15-12-36(34)59-40/h2-12,15,22-23,26,28,43H,13-14,16-21,24-25H2,1H3,(H,47,51)(H,44,46,50)/t28-/m1/s1. The monoisotopic (exact) mass is 918 g/mol. The molecule has 0 radical (unpaired) electrons. The van der Waals surface area contributed by atoms with Crippen molar-refractivity contribution < 1.29 is 31.2 Å². The van der Waals surface area contributed by atoms with Crippen LogP contribution in [0.4, 0.5) is 16.0 Å². The van der Waals surface area contributed by atoms with E-state index in [0.717, 1.165) is 52.7 Å². The van der Waals surface area contributed by atoms with Gasteiger partial charge in [0.15, 0.2) is 20.1 Å². The molecule has 0 aliphatic carbocycles. The molecule has 2 aliphatic heterocycles. The van der Waals surface area contributed by atoms with E-state index >= 15 is 0 Å². The third kappa shape index (κ3) is 10.4. The highest BCUT2D eigenvalue weighted by Gasteiger charge is 2.28. The number of benzene rings is 3. The summed E-state index contributed by atoms with van der Waals surface area (Å²) in [6, 6.07) is 21.0. The number of sulfonamides is 1. The van der Waals surface area contributed by atoms with Crippen molar-refractivity contribution in [3.8, 4) is 0 Å². The number of thiazole rings is 2. The molecule has 3 N–H and O–H groups in total. The van der Waals surface area contributed by atoms with E-state index in [1.807, 2.05) is 53.4 Å². The predicted octanol–water partition coefficient (Wildman–Crippen LogP) is 5.78. The summed E-state index contributed by atoms with van der Waals surface area (Å²) >= 11 is 4.17. The zero-order chi connectivity index (χ0) is 42.6. The zero-order valence-electron chi connectivity index (χ0n) is 32.9. The van der Waals surface area contributed by atoms with E-state index in [1.54, 1.807) is 30.2 Å². The Labute approximate surface area is 365 Å². The average Bonchev–Trinajstić information content (AvgIpc) is 3.92. The van der Waals surface area contributed by atoms with Crippen LogP contribution in [0, 0.1) is 0 Å². The summed E-state index contributed by atoms with van der Waals surface area (Å²) in [4.78, 5) is 44.7. The third-order valence-corrected chi connectivity index (χ3v) is 15.8. The van der Waals surface area contributed by atoms with E-state index in [2.05, 4.69) is 35.2 Å².